The predicted molar refractivity (Wildman–Crippen MR) is 51.9 cm³/mol. The highest BCUT2D eigenvalue weighted by Gasteiger charge is 2.71. The Hall–Kier alpha value is -1.53. The smallest absolute Gasteiger partial charge is 0.232 e. The highest BCUT2D eigenvalue weighted by Crippen LogP contribution is 2.58. The van der Waals surface area contributed by atoms with Crippen molar-refractivity contribution in [2.45, 2.75) is 17.8 Å². The zero-order valence-corrected chi connectivity index (χ0v) is 9.19. The Kier molecular flexibility index (Phi) is 2.18. The fourth-order valence-corrected chi connectivity index (χ4v) is 2.93. The van der Waals surface area contributed by atoms with Gasteiger partial charge in [-0.1, -0.05) is 12.2 Å². The molecule has 19 heavy (non-hydrogen) atoms. The molecule has 0 amide bonds. The zero-order valence-electron chi connectivity index (χ0n) is 9.19. The molecule has 0 aromatic heterocycles. The Morgan fingerprint density at radius 1 is 0.895 bits per heavy atom. The van der Waals surface area contributed by atoms with E-state index in [4.69, 9.17) is 0 Å². The first-order valence-electron chi connectivity index (χ1n) is 5.48. The fourth-order valence-electron chi connectivity index (χ4n) is 2.93. The quantitative estimate of drug-likeness (QED) is 0.490. The van der Waals surface area contributed by atoms with Crippen LogP contribution < -0.4 is 0 Å². The molecule has 3 aliphatic carbocycles. The minimum atomic E-state index is -3.70. The molecular formula is C12H6F6O. The van der Waals surface area contributed by atoms with Crippen LogP contribution in [0, 0.1) is 11.8 Å². The molecule has 0 saturated heterocycles. The Morgan fingerprint density at radius 3 is 1.63 bits per heavy atom. The van der Waals surface area contributed by atoms with Crippen molar-refractivity contribution >= 4 is 5.78 Å². The van der Waals surface area contributed by atoms with Gasteiger partial charge in [-0.3, -0.25) is 4.79 Å². The highest BCUT2D eigenvalue weighted by atomic mass is 19.2. The second-order valence-corrected chi connectivity index (χ2v) is 4.84. The molecule has 1 nitrogen and oxygen atoms in total. The Morgan fingerprint density at radius 2 is 1.26 bits per heavy atom. The first kappa shape index (κ1) is 12.5. The molecule has 3 rings (SSSR count). The number of rotatable bonds is 0. The standard InChI is InChI=1S/C12H6F6O/c13-6-7(14)9(16)12(18)5-2-1-4(3-5)11(17,8(6)15)10(12)19/h1-2,4-5H,3H2/t4-,5+,11+,12-. The number of carbonyl (C=O) groups excluding carboxylic acids is 1. The maximum Gasteiger partial charge on any atom is 0.232 e. The monoisotopic (exact) mass is 280 g/mol. The first-order chi connectivity index (χ1) is 8.75. The SMILES string of the molecule is O=C1[C@@]2(F)C(F)=C(F)C(F)=C(F)[C@]1(F)[C@H]1C=C[C@@H]2C1. The molecule has 3 aliphatic rings. The summed E-state index contributed by atoms with van der Waals surface area (Å²) in [6, 6.07) is 0. The summed E-state index contributed by atoms with van der Waals surface area (Å²) in [5, 5.41) is 0. The lowest BCUT2D eigenvalue weighted by Gasteiger charge is -2.39. The molecule has 0 aromatic carbocycles. The van der Waals surface area contributed by atoms with E-state index >= 15 is 0 Å². The fraction of sp³-hybridized carbons (Fsp3) is 0.417. The van der Waals surface area contributed by atoms with Crippen LogP contribution in [0.15, 0.2) is 35.5 Å². The summed E-state index contributed by atoms with van der Waals surface area (Å²) in [4.78, 5) is 11.8. The minimum absolute atomic E-state index is 0.430. The summed E-state index contributed by atoms with van der Waals surface area (Å²) in [7, 11) is 0. The molecule has 102 valence electrons. The average Bonchev–Trinajstić information content (AvgIpc) is 2.87. The lowest BCUT2D eigenvalue weighted by molar-refractivity contribution is -0.150. The summed E-state index contributed by atoms with van der Waals surface area (Å²) in [6.45, 7) is 0. The molecule has 0 spiro atoms. The molecule has 0 N–H and O–H groups in total. The molecule has 1 fully saturated rings. The topological polar surface area (TPSA) is 17.1 Å². The van der Waals surface area contributed by atoms with Crippen molar-refractivity contribution in [1.29, 1.82) is 0 Å². The molecule has 1 saturated carbocycles. The van der Waals surface area contributed by atoms with Crippen molar-refractivity contribution in [3.05, 3.63) is 35.5 Å². The number of allylic oxidation sites excluding steroid dienone is 6. The van der Waals surface area contributed by atoms with Gasteiger partial charge in [0, 0.05) is 11.8 Å². The first-order valence-corrected chi connectivity index (χ1v) is 5.48. The number of hydrogen-bond donors (Lipinski definition) is 0. The van der Waals surface area contributed by atoms with Gasteiger partial charge in [-0.25, -0.2) is 26.3 Å². The van der Waals surface area contributed by atoms with E-state index in [9.17, 15) is 31.1 Å². The molecule has 0 aliphatic heterocycles. The summed E-state index contributed by atoms with van der Waals surface area (Å²) in [6.07, 6.45) is 1.56. The molecule has 0 radical (unpaired) electrons. The highest BCUT2D eigenvalue weighted by molar-refractivity contribution is 6.02. The summed E-state index contributed by atoms with van der Waals surface area (Å²) in [5.41, 5.74) is -7.40. The van der Waals surface area contributed by atoms with Crippen molar-refractivity contribution in [1.82, 2.24) is 0 Å². The summed E-state index contributed by atoms with van der Waals surface area (Å²) in [5.74, 6) is -14.8. The van der Waals surface area contributed by atoms with E-state index < -0.39 is 58.7 Å². The maximum absolute atomic E-state index is 14.5. The van der Waals surface area contributed by atoms with Crippen molar-refractivity contribution in [3.8, 4) is 0 Å². The van der Waals surface area contributed by atoms with Crippen molar-refractivity contribution in [2.75, 3.05) is 0 Å². The summed E-state index contributed by atoms with van der Waals surface area (Å²) >= 11 is 0. The van der Waals surface area contributed by atoms with Crippen LogP contribution in [0.4, 0.5) is 26.3 Å². The molecule has 0 aromatic rings. The number of hydrogen-bond acceptors (Lipinski definition) is 1. The number of ketones is 1. The van der Waals surface area contributed by atoms with Crippen LogP contribution in [0.2, 0.25) is 0 Å². The lowest BCUT2D eigenvalue weighted by atomic mass is 9.67. The second kappa shape index (κ2) is 3.32. The van der Waals surface area contributed by atoms with E-state index in [1.165, 1.54) is 0 Å². The van der Waals surface area contributed by atoms with E-state index in [0.717, 1.165) is 12.2 Å². The third kappa shape index (κ3) is 1.12. The average molecular weight is 280 g/mol. The van der Waals surface area contributed by atoms with Crippen molar-refractivity contribution in [3.63, 3.8) is 0 Å². The van der Waals surface area contributed by atoms with Crippen LogP contribution in [-0.4, -0.2) is 17.1 Å². The van der Waals surface area contributed by atoms with Crippen LogP contribution in [-0.2, 0) is 4.79 Å². The van der Waals surface area contributed by atoms with Crippen LogP contribution in [0.3, 0.4) is 0 Å². The Labute approximate surface area is 103 Å². The molecular weight excluding hydrogens is 274 g/mol. The third-order valence-electron chi connectivity index (χ3n) is 3.98. The van der Waals surface area contributed by atoms with Crippen molar-refractivity contribution in [2.24, 2.45) is 11.8 Å². The third-order valence-corrected chi connectivity index (χ3v) is 3.98. The Bertz CT molecular complexity index is 543. The van der Waals surface area contributed by atoms with Crippen LogP contribution in [0.1, 0.15) is 6.42 Å². The molecule has 4 atom stereocenters. The van der Waals surface area contributed by atoms with E-state index in [1.54, 1.807) is 0 Å². The van der Waals surface area contributed by atoms with Crippen LogP contribution in [0.25, 0.3) is 0 Å². The molecule has 4 bridgehead atoms. The van der Waals surface area contributed by atoms with Gasteiger partial charge in [0.1, 0.15) is 0 Å². The van der Waals surface area contributed by atoms with E-state index in [0.29, 0.717) is 0 Å². The molecule has 0 heterocycles. The van der Waals surface area contributed by atoms with Gasteiger partial charge in [-0.15, -0.1) is 0 Å². The van der Waals surface area contributed by atoms with Gasteiger partial charge < -0.3 is 0 Å². The van der Waals surface area contributed by atoms with Crippen LogP contribution in [0.5, 0.6) is 0 Å². The van der Waals surface area contributed by atoms with Gasteiger partial charge in [0.15, 0.2) is 23.3 Å². The van der Waals surface area contributed by atoms with Gasteiger partial charge >= 0.3 is 0 Å². The summed E-state index contributed by atoms with van der Waals surface area (Å²) < 4.78 is 82.9. The van der Waals surface area contributed by atoms with Crippen molar-refractivity contribution < 1.29 is 31.1 Å². The van der Waals surface area contributed by atoms with E-state index in [1.807, 2.05) is 0 Å². The van der Waals surface area contributed by atoms with Gasteiger partial charge in [0.25, 0.3) is 0 Å². The predicted octanol–water partition coefficient (Wildman–Crippen LogP) is 3.49. The van der Waals surface area contributed by atoms with Gasteiger partial charge in [-0.2, -0.15) is 0 Å². The van der Waals surface area contributed by atoms with Gasteiger partial charge in [0.2, 0.25) is 17.1 Å². The molecule has 7 heteroatoms. The van der Waals surface area contributed by atoms with Crippen LogP contribution >= 0.6 is 0 Å². The number of halogens is 6. The molecule has 0 unspecified atom stereocenters. The van der Waals surface area contributed by atoms with Gasteiger partial charge in [0.05, 0.1) is 0 Å². The second-order valence-electron chi connectivity index (χ2n) is 4.84. The maximum atomic E-state index is 14.5. The van der Waals surface area contributed by atoms with Gasteiger partial charge in [-0.05, 0) is 6.42 Å². The van der Waals surface area contributed by atoms with E-state index in [-0.39, 0.29) is 0 Å². The lowest BCUT2D eigenvalue weighted by Crippen LogP contribution is -2.58. The van der Waals surface area contributed by atoms with E-state index in [2.05, 4.69) is 0 Å². The largest absolute Gasteiger partial charge is 0.291 e. The minimum Gasteiger partial charge on any atom is -0.291 e. The number of fused-ring (bicyclic) bond motifs is 6. The number of Topliss-reactive ketones (excluding diaryl/α,β-unsaturated/α-hetero) is 1. The Balaban J connectivity index is 2.41. The zero-order chi connectivity index (χ0) is 14.2. The number of carbonyl (C=O) groups is 1. The number of alkyl halides is 2. The normalized spacial score (nSPS) is 45.1.